The van der Waals surface area contributed by atoms with Gasteiger partial charge in [0.15, 0.2) is 5.78 Å². The van der Waals surface area contributed by atoms with Gasteiger partial charge in [-0.1, -0.05) is 12.1 Å². The second-order valence-electron chi connectivity index (χ2n) is 4.88. The van der Waals surface area contributed by atoms with E-state index in [0.717, 1.165) is 0 Å². The Morgan fingerprint density at radius 3 is 2.33 bits per heavy atom. The molecule has 2 aromatic rings. The first-order valence-electron chi connectivity index (χ1n) is 6.51. The Morgan fingerprint density at radius 1 is 1.19 bits per heavy atom. The fraction of sp³-hybridized carbons (Fsp3) is 0.250. The summed E-state index contributed by atoms with van der Waals surface area (Å²) < 4.78 is 18.0. The summed E-state index contributed by atoms with van der Waals surface area (Å²) in [6, 6.07) is 5.72. The van der Waals surface area contributed by atoms with Crippen LogP contribution in [0.5, 0.6) is 0 Å². The summed E-state index contributed by atoms with van der Waals surface area (Å²) in [7, 11) is 0. The Labute approximate surface area is 121 Å². The van der Waals surface area contributed by atoms with Gasteiger partial charge in [-0.3, -0.25) is 4.79 Å². The molecule has 0 fully saturated rings. The number of hydrogen-bond donors (Lipinski definition) is 1. The van der Waals surface area contributed by atoms with E-state index in [-0.39, 0.29) is 23.9 Å². The number of carbonyl (C=O) groups is 2. The van der Waals surface area contributed by atoms with Crippen LogP contribution in [-0.2, 0) is 11.3 Å². The molecule has 0 aliphatic rings. The first-order valence-corrected chi connectivity index (χ1v) is 6.51. The van der Waals surface area contributed by atoms with Gasteiger partial charge in [0.25, 0.3) is 0 Å². The van der Waals surface area contributed by atoms with Crippen molar-refractivity contribution in [3.63, 3.8) is 0 Å². The van der Waals surface area contributed by atoms with Crippen molar-refractivity contribution in [3.05, 3.63) is 58.2 Å². The third-order valence-corrected chi connectivity index (χ3v) is 3.28. The Hall–Kier alpha value is -2.43. The van der Waals surface area contributed by atoms with Crippen LogP contribution < -0.4 is 0 Å². The number of H-pyrrole nitrogens is 1. The highest BCUT2D eigenvalue weighted by molar-refractivity contribution is 6.01. The van der Waals surface area contributed by atoms with E-state index in [1.165, 1.54) is 19.1 Å². The molecule has 1 aromatic carbocycles. The van der Waals surface area contributed by atoms with Gasteiger partial charge in [0, 0.05) is 11.3 Å². The molecular weight excluding hydrogens is 273 g/mol. The summed E-state index contributed by atoms with van der Waals surface area (Å²) in [5.41, 5.74) is 2.72. The quantitative estimate of drug-likeness (QED) is 0.693. The zero-order chi connectivity index (χ0) is 15.6. The first kappa shape index (κ1) is 15.0. The Bertz CT molecular complexity index is 686. The molecule has 1 N–H and O–H groups in total. The van der Waals surface area contributed by atoms with E-state index in [0.29, 0.717) is 22.4 Å². The number of ketones is 1. The van der Waals surface area contributed by atoms with E-state index < -0.39 is 5.97 Å². The molecule has 110 valence electrons. The summed E-state index contributed by atoms with van der Waals surface area (Å²) in [6.07, 6.45) is 0. The highest BCUT2D eigenvalue weighted by Crippen LogP contribution is 2.19. The van der Waals surface area contributed by atoms with Gasteiger partial charge in [0.2, 0.25) is 0 Å². The molecule has 0 aliphatic carbocycles. The summed E-state index contributed by atoms with van der Waals surface area (Å²) in [4.78, 5) is 26.5. The fourth-order valence-electron chi connectivity index (χ4n) is 2.28. The maximum atomic E-state index is 12.8. The molecule has 0 unspecified atom stereocenters. The maximum Gasteiger partial charge on any atom is 0.355 e. The van der Waals surface area contributed by atoms with Crippen LogP contribution in [0, 0.1) is 19.7 Å². The average molecular weight is 289 g/mol. The monoisotopic (exact) mass is 289 g/mol. The van der Waals surface area contributed by atoms with Crippen molar-refractivity contribution in [2.75, 3.05) is 0 Å². The first-order chi connectivity index (χ1) is 9.90. The van der Waals surface area contributed by atoms with Crippen LogP contribution in [-0.4, -0.2) is 16.7 Å². The Kier molecular flexibility index (Phi) is 4.21. The van der Waals surface area contributed by atoms with Crippen LogP contribution in [0.2, 0.25) is 0 Å². The van der Waals surface area contributed by atoms with Crippen molar-refractivity contribution in [3.8, 4) is 0 Å². The number of aromatic nitrogens is 1. The lowest BCUT2D eigenvalue weighted by Gasteiger charge is -2.04. The second kappa shape index (κ2) is 5.91. The van der Waals surface area contributed by atoms with Gasteiger partial charge in [0.1, 0.15) is 18.1 Å². The van der Waals surface area contributed by atoms with Gasteiger partial charge in [-0.15, -0.1) is 0 Å². The molecule has 4 nitrogen and oxygen atoms in total. The lowest BCUT2D eigenvalue weighted by molar-refractivity contribution is 0.0465. The highest BCUT2D eigenvalue weighted by atomic mass is 19.1. The van der Waals surface area contributed by atoms with Crippen molar-refractivity contribution in [1.29, 1.82) is 0 Å². The third kappa shape index (κ3) is 3.18. The number of rotatable bonds is 4. The molecule has 0 amide bonds. The molecule has 1 aromatic heterocycles. The van der Waals surface area contributed by atoms with E-state index in [9.17, 15) is 14.0 Å². The van der Waals surface area contributed by atoms with Crippen LogP contribution in [0.25, 0.3) is 0 Å². The fourth-order valence-corrected chi connectivity index (χ4v) is 2.28. The molecule has 21 heavy (non-hydrogen) atoms. The second-order valence-corrected chi connectivity index (χ2v) is 4.88. The molecule has 0 radical (unpaired) electrons. The number of aromatic amines is 1. The number of benzene rings is 1. The van der Waals surface area contributed by atoms with Crippen LogP contribution in [0.1, 0.15) is 44.6 Å². The van der Waals surface area contributed by atoms with Crippen molar-refractivity contribution in [1.82, 2.24) is 4.98 Å². The van der Waals surface area contributed by atoms with E-state index in [2.05, 4.69) is 4.98 Å². The van der Waals surface area contributed by atoms with Gasteiger partial charge in [-0.25, -0.2) is 9.18 Å². The lowest BCUT2D eigenvalue weighted by Crippen LogP contribution is -2.07. The molecule has 5 heteroatoms. The van der Waals surface area contributed by atoms with Gasteiger partial charge in [-0.2, -0.15) is 0 Å². The van der Waals surface area contributed by atoms with Gasteiger partial charge in [-0.05, 0) is 44.0 Å². The topological polar surface area (TPSA) is 59.2 Å². The SMILES string of the molecule is CC(=O)c1c(C)[nH]c(C(=O)OCc2ccc(F)cc2)c1C. The smallest absolute Gasteiger partial charge is 0.355 e. The maximum absolute atomic E-state index is 12.8. The van der Waals surface area contributed by atoms with Gasteiger partial charge in [0.05, 0.1) is 0 Å². The molecule has 2 rings (SSSR count). The highest BCUT2D eigenvalue weighted by Gasteiger charge is 2.20. The minimum atomic E-state index is -0.535. The van der Waals surface area contributed by atoms with Crippen LogP contribution in [0.4, 0.5) is 4.39 Å². The number of ether oxygens (including phenoxy) is 1. The van der Waals surface area contributed by atoms with Crippen molar-refractivity contribution >= 4 is 11.8 Å². The summed E-state index contributed by atoms with van der Waals surface area (Å²) in [6.45, 7) is 4.94. The Balaban J connectivity index is 2.12. The Morgan fingerprint density at radius 2 is 1.81 bits per heavy atom. The summed E-state index contributed by atoms with van der Waals surface area (Å²) in [5, 5.41) is 0. The van der Waals surface area contributed by atoms with E-state index in [1.807, 2.05) is 0 Å². The predicted octanol–water partition coefficient (Wildman–Crippen LogP) is 3.33. The van der Waals surface area contributed by atoms with Gasteiger partial charge >= 0.3 is 5.97 Å². The molecule has 1 heterocycles. The van der Waals surface area contributed by atoms with Crippen molar-refractivity contribution in [2.24, 2.45) is 0 Å². The van der Waals surface area contributed by atoms with Crippen LogP contribution in [0.15, 0.2) is 24.3 Å². The normalized spacial score (nSPS) is 10.5. The van der Waals surface area contributed by atoms with Crippen molar-refractivity contribution in [2.45, 2.75) is 27.4 Å². The number of aryl methyl sites for hydroxylation is 1. The van der Waals surface area contributed by atoms with E-state index in [4.69, 9.17) is 4.74 Å². The number of nitrogens with one attached hydrogen (secondary N) is 1. The molecule has 0 saturated carbocycles. The number of carbonyl (C=O) groups excluding carboxylic acids is 2. The van der Waals surface area contributed by atoms with E-state index in [1.54, 1.807) is 26.0 Å². The standard InChI is InChI=1S/C16H16FNO3/c1-9-14(11(3)19)10(2)18-15(9)16(20)21-8-12-4-6-13(17)7-5-12/h4-7,18H,8H2,1-3H3. The van der Waals surface area contributed by atoms with Gasteiger partial charge < -0.3 is 9.72 Å². The zero-order valence-corrected chi connectivity index (χ0v) is 12.1. The molecule has 0 spiro atoms. The molecule has 0 atom stereocenters. The minimum absolute atomic E-state index is 0.0476. The summed E-state index contributed by atoms with van der Waals surface area (Å²) >= 11 is 0. The number of Topliss-reactive ketones (excluding diaryl/α,β-unsaturated/α-hetero) is 1. The third-order valence-electron chi connectivity index (χ3n) is 3.28. The van der Waals surface area contributed by atoms with Crippen molar-refractivity contribution < 1.29 is 18.7 Å². The largest absolute Gasteiger partial charge is 0.456 e. The molecule has 0 aliphatic heterocycles. The number of esters is 1. The molecule has 0 saturated heterocycles. The number of halogens is 1. The predicted molar refractivity (Wildman–Crippen MR) is 75.8 cm³/mol. The summed E-state index contributed by atoms with van der Waals surface area (Å²) in [5.74, 6) is -0.974. The molecular formula is C16H16FNO3. The average Bonchev–Trinajstić information content (AvgIpc) is 2.73. The zero-order valence-electron chi connectivity index (χ0n) is 12.1. The van der Waals surface area contributed by atoms with Crippen LogP contribution >= 0.6 is 0 Å². The van der Waals surface area contributed by atoms with E-state index >= 15 is 0 Å². The number of hydrogen-bond acceptors (Lipinski definition) is 3. The minimum Gasteiger partial charge on any atom is -0.456 e. The molecule has 0 bridgehead atoms. The lowest BCUT2D eigenvalue weighted by atomic mass is 10.1. The van der Waals surface area contributed by atoms with Crippen LogP contribution in [0.3, 0.4) is 0 Å².